The summed E-state index contributed by atoms with van der Waals surface area (Å²) in [6.07, 6.45) is 1.11. The van der Waals surface area contributed by atoms with E-state index in [1.54, 1.807) is 11.8 Å². The SMILES string of the molecule is Cc1cccc(SCCCC(=O)NCC(=O)O)c1. The highest BCUT2D eigenvalue weighted by Crippen LogP contribution is 2.19. The average Bonchev–Trinajstić information content (AvgIpc) is 2.32. The van der Waals surface area contributed by atoms with Crippen LogP contribution >= 0.6 is 11.8 Å². The first-order valence-corrected chi connectivity index (χ1v) is 6.74. The summed E-state index contributed by atoms with van der Waals surface area (Å²) in [7, 11) is 0. The van der Waals surface area contributed by atoms with Gasteiger partial charge in [0.05, 0.1) is 0 Å². The highest BCUT2D eigenvalue weighted by Gasteiger charge is 2.03. The van der Waals surface area contributed by atoms with Gasteiger partial charge in [0.2, 0.25) is 5.91 Å². The first kappa shape index (κ1) is 14.6. The zero-order valence-corrected chi connectivity index (χ0v) is 11.1. The lowest BCUT2D eigenvalue weighted by Crippen LogP contribution is -2.28. The summed E-state index contributed by atoms with van der Waals surface area (Å²) < 4.78 is 0. The molecule has 0 aliphatic carbocycles. The molecule has 0 unspecified atom stereocenters. The smallest absolute Gasteiger partial charge is 0.322 e. The summed E-state index contributed by atoms with van der Waals surface area (Å²) in [5.41, 5.74) is 1.22. The molecular weight excluding hydrogens is 250 g/mol. The number of carbonyl (C=O) groups excluding carboxylic acids is 1. The number of amides is 1. The van der Waals surface area contributed by atoms with Crippen LogP contribution in [0.3, 0.4) is 0 Å². The zero-order valence-electron chi connectivity index (χ0n) is 10.3. The summed E-state index contributed by atoms with van der Waals surface area (Å²) in [6.45, 7) is 1.74. The van der Waals surface area contributed by atoms with E-state index in [0.717, 1.165) is 12.2 Å². The van der Waals surface area contributed by atoms with Gasteiger partial charge in [0.1, 0.15) is 6.54 Å². The maximum atomic E-state index is 11.2. The fourth-order valence-corrected chi connectivity index (χ4v) is 2.36. The molecule has 0 spiro atoms. The van der Waals surface area contributed by atoms with Crippen molar-refractivity contribution in [3.63, 3.8) is 0 Å². The molecule has 1 amide bonds. The van der Waals surface area contributed by atoms with Gasteiger partial charge in [-0.05, 0) is 31.2 Å². The highest BCUT2D eigenvalue weighted by atomic mass is 32.2. The summed E-state index contributed by atoms with van der Waals surface area (Å²) in [5.74, 6) is -0.371. The molecule has 1 aromatic carbocycles. The van der Waals surface area contributed by atoms with Crippen molar-refractivity contribution in [2.45, 2.75) is 24.7 Å². The largest absolute Gasteiger partial charge is 0.480 e. The molecule has 1 rings (SSSR count). The van der Waals surface area contributed by atoms with Gasteiger partial charge < -0.3 is 10.4 Å². The molecule has 0 saturated heterocycles. The number of benzene rings is 1. The minimum absolute atomic E-state index is 0.206. The second kappa shape index (κ2) is 7.76. The number of hydrogen-bond acceptors (Lipinski definition) is 3. The molecule has 0 saturated carbocycles. The van der Waals surface area contributed by atoms with Gasteiger partial charge in [-0.2, -0.15) is 0 Å². The van der Waals surface area contributed by atoms with E-state index < -0.39 is 5.97 Å². The van der Waals surface area contributed by atoms with Crippen LogP contribution in [-0.4, -0.2) is 29.3 Å². The normalized spacial score (nSPS) is 10.1. The van der Waals surface area contributed by atoms with Crippen molar-refractivity contribution in [1.29, 1.82) is 0 Å². The van der Waals surface area contributed by atoms with Crippen LogP contribution in [-0.2, 0) is 9.59 Å². The van der Waals surface area contributed by atoms with E-state index in [-0.39, 0.29) is 12.5 Å². The Morgan fingerprint density at radius 1 is 1.39 bits per heavy atom. The van der Waals surface area contributed by atoms with Crippen LogP contribution in [0.1, 0.15) is 18.4 Å². The van der Waals surface area contributed by atoms with Crippen LogP contribution in [0.25, 0.3) is 0 Å². The van der Waals surface area contributed by atoms with Crippen LogP contribution in [0.5, 0.6) is 0 Å². The average molecular weight is 267 g/mol. The molecule has 0 aliphatic heterocycles. The van der Waals surface area contributed by atoms with E-state index >= 15 is 0 Å². The van der Waals surface area contributed by atoms with Crippen LogP contribution in [0, 0.1) is 6.92 Å². The number of nitrogens with one attached hydrogen (secondary N) is 1. The Bertz CT molecular complexity index is 420. The van der Waals surface area contributed by atoms with Crippen molar-refractivity contribution in [3.05, 3.63) is 29.8 Å². The van der Waals surface area contributed by atoms with E-state index in [2.05, 4.69) is 11.4 Å². The minimum Gasteiger partial charge on any atom is -0.480 e. The van der Waals surface area contributed by atoms with Gasteiger partial charge in [-0.1, -0.05) is 17.7 Å². The van der Waals surface area contributed by atoms with Crippen molar-refractivity contribution in [2.24, 2.45) is 0 Å². The molecule has 0 heterocycles. The molecule has 0 fully saturated rings. The molecule has 0 radical (unpaired) electrons. The topological polar surface area (TPSA) is 66.4 Å². The minimum atomic E-state index is -1.02. The van der Waals surface area contributed by atoms with Crippen LogP contribution in [0.15, 0.2) is 29.2 Å². The van der Waals surface area contributed by atoms with Crippen molar-refractivity contribution in [3.8, 4) is 0 Å². The molecule has 2 N–H and O–H groups in total. The second-order valence-corrected chi connectivity index (χ2v) is 5.11. The van der Waals surface area contributed by atoms with E-state index in [4.69, 9.17) is 5.11 Å². The molecule has 18 heavy (non-hydrogen) atoms. The highest BCUT2D eigenvalue weighted by molar-refractivity contribution is 7.99. The van der Waals surface area contributed by atoms with Gasteiger partial charge in [0, 0.05) is 11.3 Å². The Hall–Kier alpha value is -1.49. The Morgan fingerprint density at radius 3 is 2.83 bits per heavy atom. The first-order valence-electron chi connectivity index (χ1n) is 5.76. The van der Waals surface area contributed by atoms with Gasteiger partial charge in [-0.15, -0.1) is 11.8 Å². The number of carboxylic acid groups (broad SMARTS) is 1. The van der Waals surface area contributed by atoms with Crippen molar-refractivity contribution in [2.75, 3.05) is 12.3 Å². The Morgan fingerprint density at radius 2 is 2.17 bits per heavy atom. The van der Waals surface area contributed by atoms with Gasteiger partial charge >= 0.3 is 5.97 Å². The van der Waals surface area contributed by atoms with Crippen molar-refractivity contribution in [1.82, 2.24) is 5.32 Å². The van der Waals surface area contributed by atoms with E-state index in [9.17, 15) is 9.59 Å². The number of carbonyl (C=O) groups is 2. The number of aliphatic carboxylic acids is 1. The quantitative estimate of drug-likeness (QED) is 0.586. The predicted molar refractivity (Wildman–Crippen MR) is 71.8 cm³/mol. The number of hydrogen-bond donors (Lipinski definition) is 2. The van der Waals surface area contributed by atoms with E-state index in [1.807, 2.05) is 25.1 Å². The zero-order chi connectivity index (χ0) is 13.4. The van der Waals surface area contributed by atoms with Crippen LogP contribution in [0.4, 0.5) is 0 Å². The maximum absolute atomic E-state index is 11.2. The lowest BCUT2D eigenvalue weighted by molar-refractivity contribution is -0.137. The molecule has 4 nitrogen and oxygen atoms in total. The van der Waals surface area contributed by atoms with Gasteiger partial charge in [-0.25, -0.2) is 0 Å². The number of aryl methyl sites for hydroxylation is 1. The standard InChI is InChI=1S/C13H17NO3S/c1-10-4-2-5-11(8-10)18-7-3-6-12(15)14-9-13(16)17/h2,4-5,8H,3,6-7,9H2,1H3,(H,14,15)(H,16,17). The van der Waals surface area contributed by atoms with E-state index in [0.29, 0.717) is 6.42 Å². The molecular formula is C13H17NO3S. The molecule has 5 heteroatoms. The Labute approximate surface area is 111 Å². The summed E-state index contributed by atoms with van der Waals surface area (Å²) in [4.78, 5) is 22.7. The maximum Gasteiger partial charge on any atom is 0.322 e. The van der Waals surface area contributed by atoms with Crippen molar-refractivity contribution >= 4 is 23.6 Å². The first-order chi connectivity index (χ1) is 8.58. The van der Waals surface area contributed by atoms with Gasteiger partial charge in [-0.3, -0.25) is 9.59 Å². The third-order valence-corrected chi connectivity index (χ3v) is 3.32. The summed E-state index contributed by atoms with van der Waals surface area (Å²) >= 11 is 1.70. The number of rotatable bonds is 7. The molecule has 0 bridgehead atoms. The fraction of sp³-hybridized carbons (Fsp3) is 0.385. The number of carboxylic acids is 1. The van der Waals surface area contributed by atoms with Crippen LogP contribution < -0.4 is 5.32 Å². The third kappa shape index (κ3) is 6.30. The lowest BCUT2D eigenvalue weighted by atomic mass is 10.2. The fourth-order valence-electron chi connectivity index (χ4n) is 1.39. The van der Waals surface area contributed by atoms with Gasteiger partial charge in [0.25, 0.3) is 0 Å². The van der Waals surface area contributed by atoms with Crippen molar-refractivity contribution < 1.29 is 14.7 Å². The predicted octanol–water partition coefficient (Wildman–Crippen LogP) is 2.07. The van der Waals surface area contributed by atoms with Gasteiger partial charge in [0.15, 0.2) is 0 Å². The summed E-state index contributed by atoms with van der Waals surface area (Å²) in [6, 6.07) is 8.21. The molecule has 0 aliphatic rings. The van der Waals surface area contributed by atoms with E-state index in [1.165, 1.54) is 10.5 Å². The summed E-state index contributed by atoms with van der Waals surface area (Å²) in [5, 5.41) is 10.7. The lowest BCUT2D eigenvalue weighted by Gasteiger charge is -2.03. The van der Waals surface area contributed by atoms with Crippen LogP contribution in [0.2, 0.25) is 0 Å². The molecule has 98 valence electrons. The molecule has 1 aromatic rings. The molecule has 0 atom stereocenters. The Balaban J connectivity index is 2.15. The Kier molecular flexibility index (Phi) is 6.28. The number of thioether (sulfide) groups is 1. The molecule has 0 aromatic heterocycles. The third-order valence-electron chi connectivity index (χ3n) is 2.24. The monoisotopic (exact) mass is 267 g/mol. The second-order valence-electron chi connectivity index (χ2n) is 3.94.